The Morgan fingerprint density at radius 1 is 0.917 bits per heavy atom. The molecular weight excluding hydrogens is 466 g/mol. The van der Waals surface area contributed by atoms with Crippen molar-refractivity contribution in [2.75, 3.05) is 6.54 Å². The molecule has 2 amide bonds. The van der Waals surface area contributed by atoms with Crippen LogP contribution in [0, 0.1) is 6.92 Å². The molecule has 1 aromatic heterocycles. The van der Waals surface area contributed by atoms with Gasteiger partial charge >= 0.3 is 6.03 Å². The molecule has 4 rings (SSSR count). The zero-order valence-corrected chi connectivity index (χ0v) is 21.7. The van der Waals surface area contributed by atoms with Gasteiger partial charge in [-0.2, -0.15) is 0 Å². The number of thioether (sulfide) groups is 1. The first-order chi connectivity index (χ1) is 17.6. The van der Waals surface area contributed by atoms with Crippen molar-refractivity contribution in [2.45, 2.75) is 50.1 Å². The lowest BCUT2D eigenvalue weighted by Gasteiger charge is -2.20. The Hall–Kier alpha value is -3.58. The Kier molecular flexibility index (Phi) is 9.16. The smallest absolute Gasteiger partial charge is 0.315 e. The van der Waals surface area contributed by atoms with Gasteiger partial charge in [-0.3, -0.25) is 4.57 Å². The topological polar surface area (TPSA) is 71.8 Å². The summed E-state index contributed by atoms with van der Waals surface area (Å²) < 4.78 is 2.08. The number of amides is 2. The number of aromatic nitrogens is 3. The third-order valence-electron chi connectivity index (χ3n) is 5.88. The number of urea groups is 1. The van der Waals surface area contributed by atoms with Crippen LogP contribution in [0.5, 0.6) is 0 Å². The number of aryl methyl sites for hydroxylation is 1. The first-order valence-corrected chi connectivity index (χ1v) is 13.4. The highest BCUT2D eigenvalue weighted by Crippen LogP contribution is 2.29. The first-order valence-electron chi connectivity index (χ1n) is 12.4. The summed E-state index contributed by atoms with van der Waals surface area (Å²) in [5.41, 5.74) is 4.49. The summed E-state index contributed by atoms with van der Waals surface area (Å²) in [5.74, 6) is 1.49. The maximum Gasteiger partial charge on any atom is 0.315 e. The van der Waals surface area contributed by atoms with Gasteiger partial charge in [-0.15, -0.1) is 10.2 Å². The maximum atomic E-state index is 12.8. The molecular formula is C29H33N5OS. The minimum Gasteiger partial charge on any atom is -0.338 e. The number of nitrogens with zero attached hydrogens (tertiary/aromatic N) is 3. The number of carbonyl (C=O) groups excluding carboxylic acids is 1. The molecule has 1 heterocycles. The number of unbranched alkanes of at least 4 members (excludes halogenated alkanes) is 1. The van der Waals surface area contributed by atoms with Crippen molar-refractivity contribution in [1.29, 1.82) is 0 Å². The second-order valence-electron chi connectivity index (χ2n) is 8.78. The van der Waals surface area contributed by atoms with Gasteiger partial charge in [0.25, 0.3) is 0 Å². The van der Waals surface area contributed by atoms with Gasteiger partial charge in [-0.1, -0.05) is 103 Å². The minimum atomic E-state index is -0.353. The Balaban J connectivity index is 1.68. The molecule has 0 radical (unpaired) electrons. The predicted molar refractivity (Wildman–Crippen MR) is 146 cm³/mol. The van der Waals surface area contributed by atoms with Crippen LogP contribution >= 0.6 is 11.8 Å². The number of rotatable bonds is 11. The molecule has 7 heteroatoms. The van der Waals surface area contributed by atoms with Crippen molar-refractivity contribution in [3.05, 3.63) is 107 Å². The van der Waals surface area contributed by atoms with Gasteiger partial charge in [0.05, 0.1) is 6.04 Å². The largest absolute Gasteiger partial charge is 0.338 e. The summed E-state index contributed by atoms with van der Waals surface area (Å²) in [5, 5.41) is 16.1. The van der Waals surface area contributed by atoms with E-state index in [2.05, 4.69) is 87.8 Å². The van der Waals surface area contributed by atoms with Gasteiger partial charge in [-0.05, 0) is 36.6 Å². The standard InChI is InChI=1S/C29H33N5OS/c1-3-4-19-30-28(35)31-26(20-23-11-7-5-8-12-23)27-32-33-29(36-21-24-13-9-6-10-14-24)34(27)25-17-15-22(2)16-18-25/h5-18,26H,3-4,19-21H2,1-2H3,(H2,30,31,35). The van der Waals surface area contributed by atoms with E-state index in [9.17, 15) is 4.79 Å². The Morgan fingerprint density at radius 3 is 2.25 bits per heavy atom. The van der Waals surface area contributed by atoms with E-state index in [1.165, 1.54) is 11.1 Å². The van der Waals surface area contributed by atoms with Crippen LogP contribution in [-0.4, -0.2) is 27.3 Å². The molecule has 1 unspecified atom stereocenters. The zero-order chi connectivity index (χ0) is 25.2. The van der Waals surface area contributed by atoms with Crippen LogP contribution in [0.4, 0.5) is 4.79 Å². The molecule has 0 aliphatic rings. The van der Waals surface area contributed by atoms with Crippen molar-refractivity contribution in [3.8, 4) is 5.69 Å². The summed E-state index contributed by atoms with van der Waals surface area (Å²) in [6, 6.07) is 28.3. The van der Waals surface area contributed by atoms with Gasteiger partial charge in [0, 0.05) is 24.4 Å². The Morgan fingerprint density at radius 2 is 1.58 bits per heavy atom. The molecule has 186 valence electrons. The van der Waals surface area contributed by atoms with Crippen LogP contribution in [0.3, 0.4) is 0 Å². The van der Waals surface area contributed by atoms with Crippen molar-refractivity contribution in [3.63, 3.8) is 0 Å². The normalized spacial score (nSPS) is 11.7. The Bertz CT molecular complexity index is 1230. The highest BCUT2D eigenvalue weighted by molar-refractivity contribution is 7.98. The van der Waals surface area contributed by atoms with Gasteiger partial charge < -0.3 is 10.6 Å². The van der Waals surface area contributed by atoms with Gasteiger partial charge in [0.15, 0.2) is 11.0 Å². The predicted octanol–water partition coefficient (Wildman–Crippen LogP) is 6.25. The minimum absolute atomic E-state index is 0.193. The van der Waals surface area contributed by atoms with Crippen LogP contribution in [0.15, 0.2) is 90.1 Å². The third kappa shape index (κ3) is 6.98. The average molecular weight is 500 g/mol. The molecule has 4 aromatic rings. The van der Waals surface area contributed by atoms with E-state index in [1.807, 2.05) is 36.4 Å². The quantitative estimate of drug-likeness (QED) is 0.189. The molecule has 36 heavy (non-hydrogen) atoms. The van der Waals surface area contributed by atoms with Crippen LogP contribution in [-0.2, 0) is 12.2 Å². The third-order valence-corrected chi connectivity index (χ3v) is 6.88. The van der Waals surface area contributed by atoms with Crippen LogP contribution in [0.25, 0.3) is 5.69 Å². The maximum absolute atomic E-state index is 12.8. The van der Waals surface area contributed by atoms with Crippen LogP contribution < -0.4 is 10.6 Å². The van der Waals surface area contributed by atoms with E-state index in [1.54, 1.807) is 11.8 Å². The highest BCUT2D eigenvalue weighted by atomic mass is 32.2. The summed E-state index contributed by atoms with van der Waals surface area (Å²) in [6.07, 6.45) is 2.57. The number of nitrogens with one attached hydrogen (secondary N) is 2. The lowest BCUT2D eigenvalue weighted by Crippen LogP contribution is -2.40. The summed E-state index contributed by atoms with van der Waals surface area (Å²) in [6.45, 7) is 4.82. The molecule has 1 atom stereocenters. The molecule has 2 N–H and O–H groups in total. The lowest BCUT2D eigenvalue weighted by molar-refractivity contribution is 0.236. The van der Waals surface area contributed by atoms with Crippen molar-refractivity contribution in [1.82, 2.24) is 25.4 Å². The average Bonchev–Trinajstić information content (AvgIpc) is 3.33. The highest BCUT2D eigenvalue weighted by Gasteiger charge is 2.25. The monoisotopic (exact) mass is 499 g/mol. The number of hydrogen-bond donors (Lipinski definition) is 2. The van der Waals surface area contributed by atoms with Crippen molar-refractivity contribution in [2.24, 2.45) is 0 Å². The SMILES string of the molecule is CCCCNC(=O)NC(Cc1ccccc1)c1nnc(SCc2ccccc2)n1-c1ccc(C)cc1. The van der Waals surface area contributed by atoms with E-state index >= 15 is 0 Å². The molecule has 0 bridgehead atoms. The molecule has 0 saturated heterocycles. The molecule has 6 nitrogen and oxygen atoms in total. The molecule has 0 aliphatic heterocycles. The fourth-order valence-electron chi connectivity index (χ4n) is 3.90. The molecule has 0 aliphatic carbocycles. The van der Waals surface area contributed by atoms with Crippen LogP contribution in [0.1, 0.15) is 48.3 Å². The van der Waals surface area contributed by atoms with E-state index < -0.39 is 0 Å². The van der Waals surface area contributed by atoms with Gasteiger partial charge in [-0.25, -0.2) is 4.79 Å². The molecule has 3 aromatic carbocycles. The summed E-state index contributed by atoms with van der Waals surface area (Å²) >= 11 is 1.64. The van der Waals surface area contributed by atoms with Gasteiger partial charge in [0.1, 0.15) is 0 Å². The second kappa shape index (κ2) is 12.9. The lowest BCUT2D eigenvalue weighted by atomic mass is 10.1. The Labute approximate surface area is 217 Å². The molecule has 0 fully saturated rings. The zero-order valence-electron chi connectivity index (χ0n) is 20.9. The van der Waals surface area contributed by atoms with Crippen LogP contribution in [0.2, 0.25) is 0 Å². The van der Waals surface area contributed by atoms with E-state index in [4.69, 9.17) is 0 Å². The fourth-order valence-corrected chi connectivity index (χ4v) is 4.82. The number of carbonyl (C=O) groups is 1. The van der Waals surface area contributed by atoms with Crippen molar-refractivity contribution >= 4 is 17.8 Å². The number of benzene rings is 3. The first kappa shape index (κ1) is 25.5. The van der Waals surface area contributed by atoms with E-state index in [0.29, 0.717) is 18.8 Å². The summed E-state index contributed by atoms with van der Waals surface area (Å²) in [7, 11) is 0. The second-order valence-corrected chi connectivity index (χ2v) is 9.72. The number of hydrogen-bond acceptors (Lipinski definition) is 4. The van der Waals surface area contributed by atoms with E-state index in [0.717, 1.165) is 35.0 Å². The molecule has 0 saturated carbocycles. The van der Waals surface area contributed by atoms with Gasteiger partial charge in [0.2, 0.25) is 0 Å². The fraction of sp³-hybridized carbons (Fsp3) is 0.276. The molecule has 0 spiro atoms. The van der Waals surface area contributed by atoms with E-state index in [-0.39, 0.29) is 12.1 Å². The summed E-state index contributed by atoms with van der Waals surface area (Å²) in [4.78, 5) is 12.8. The van der Waals surface area contributed by atoms with Crippen molar-refractivity contribution < 1.29 is 4.79 Å².